The van der Waals surface area contributed by atoms with Gasteiger partial charge in [0.1, 0.15) is 0 Å². The average Bonchev–Trinajstić information content (AvgIpc) is 2.78. The van der Waals surface area contributed by atoms with Crippen LogP contribution >= 0.6 is 11.8 Å². The van der Waals surface area contributed by atoms with Gasteiger partial charge in [0.05, 0.1) is 18.1 Å². The predicted molar refractivity (Wildman–Crippen MR) is 74.3 cm³/mol. The minimum atomic E-state index is 0.392. The standard InChI is InChI=1S/C13H23N3S/c1-14-13(12-8-16(2)10-15-12)9-17-11-6-4-3-5-7-11/h8,10-11,13-14H,3-7,9H2,1-2H3. The summed E-state index contributed by atoms with van der Waals surface area (Å²) in [5.74, 6) is 1.14. The number of rotatable bonds is 5. The molecule has 1 heterocycles. The van der Waals surface area contributed by atoms with E-state index in [1.165, 1.54) is 37.8 Å². The molecule has 1 atom stereocenters. The van der Waals surface area contributed by atoms with Gasteiger partial charge in [0.25, 0.3) is 0 Å². The number of nitrogens with one attached hydrogen (secondary N) is 1. The molecule has 1 aliphatic rings. The summed E-state index contributed by atoms with van der Waals surface area (Å²) in [7, 11) is 4.05. The molecule has 0 radical (unpaired) electrons. The number of aromatic nitrogens is 2. The minimum Gasteiger partial charge on any atom is -0.340 e. The Morgan fingerprint density at radius 2 is 2.24 bits per heavy atom. The summed E-state index contributed by atoms with van der Waals surface area (Å²) in [6.07, 6.45) is 11.1. The molecule has 1 fully saturated rings. The van der Waals surface area contributed by atoms with E-state index < -0.39 is 0 Å². The topological polar surface area (TPSA) is 29.9 Å². The Morgan fingerprint density at radius 3 is 2.82 bits per heavy atom. The normalized spacial score (nSPS) is 19.4. The summed E-state index contributed by atoms with van der Waals surface area (Å²) < 4.78 is 2.02. The molecule has 96 valence electrons. The van der Waals surface area contributed by atoms with Crippen LogP contribution in [0.25, 0.3) is 0 Å². The van der Waals surface area contributed by atoms with Crippen LogP contribution < -0.4 is 5.32 Å². The second-order valence-corrected chi connectivity index (χ2v) is 6.23. The van der Waals surface area contributed by atoms with Crippen LogP contribution in [0.15, 0.2) is 12.5 Å². The zero-order chi connectivity index (χ0) is 12.1. The molecule has 1 saturated carbocycles. The quantitative estimate of drug-likeness (QED) is 0.875. The molecular formula is C13H23N3S. The zero-order valence-electron chi connectivity index (χ0n) is 10.9. The Kier molecular flexibility index (Phi) is 4.92. The van der Waals surface area contributed by atoms with Crippen LogP contribution in [0.1, 0.15) is 43.8 Å². The molecule has 0 amide bonds. The lowest BCUT2D eigenvalue weighted by molar-refractivity contribution is 0.514. The molecule has 1 unspecified atom stereocenters. The fraction of sp³-hybridized carbons (Fsp3) is 0.769. The highest BCUT2D eigenvalue weighted by Crippen LogP contribution is 2.30. The van der Waals surface area contributed by atoms with Crippen LogP contribution in [0, 0.1) is 0 Å². The first-order valence-electron chi connectivity index (χ1n) is 6.56. The maximum atomic E-state index is 4.44. The van der Waals surface area contributed by atoms with E-state index in [1.807, 2.05) is 25.0 Å². The van der Waals surface area contributed by atoms with Gasteiger partial charge in [-0.2, -0.15) is 11.8 Å². The largest absolute Gasteiger partial charge is 0.340 e. The summed E-state index contributed by atoms with van der Waals surface area (Å²) in [6, 6.07) is 0.392. The predicted octanol–water partition coefficient (Wildman–Crippen LogP) is 2.75. The Balaban J connectivity index is 1.82. The van der Waals surface area contributed by atoms with E-state index in [4.69, 9.17) is 0 Å². The van der Waals surface area contributed by atoms with Crippen molar-refractivity contribution in [1.29, 1.82) is 0 Å². The van der Waals surface area contributed by atoms with Crippen molar-refractivity contribution in [1.82, 2.24) is 14.9 Å². The third-order valence-corrected chi connectivity index (χ3v) is 4.95. The lowest BCUT2D eigenvalue weighted by Gasteiger charge is -2.23. The first-order chi connectivity index (χ1) is 8.29. The van der Waals surface area contributed by atoms with Crippen molar-refractivity contribution in [3.8, 4) is 0 Å². The maximum absolute atomic E-state index is 4.44. The molecule has 0 aromatic carbocycles. The molecule has 1 aromatic rings. The van der Waals surface area contributed by atoms with Gasteiger partial charge in [0.15, 0.2) is 0 Å². The van der Waals surface area contributed by atoms with Gasteiger partial charge < -0.3 is 9.88 Å². The van der Waals surface area contributed by atoms with Crippen LogP contribution in [0.3, 0.4) is 0 Å². The van der Waals surface area contributed by atoms with E-state index in [0.717, 1.165) is 11.0 Å². The van der Waals surface area contributed by atoms with Gasteiger partial charge in [-0.15, -0.1) is 0 Å². The van der Waals surface area contributed by atoms with Crippen molar-refractivity contribution >= 4 is 11.8 Å². The molecule has 1 aromatic heterocycles. The Bertz CT molecular complexity index is 331. The van der Waals surface area contributed by atoms with Crippen LogP contribution in [-0.4, -0.2) is 27.6 Å². The third kappa shape index (κ3) is 3.75. The average molecular weight is 253 g/mol. The second-order valence-electron chi connectivity index (χ2n) is 4.90. The lowest BCUT2D eigenvalue weighted by Crippen LogP contribution is -2.21. The molecular weight excluding hydrogens is 230 g/mol. The first kappa shape index (κ1) is 13.0. The summed E-state index contributed by atoms with van der Waals surface area (Å²) in [4.78, 5) is 4.44. The number of aryl methyl sites for hydroxylation is 1. The second kappa shape index (κ2) is 6.45. The van der Waals surface area contributed by atoms with Gasteiger partial charge in [-0.3, -0.25) is 0 Å². The molecule has 3 nitrogen and oxygen atoms in total. The fourth-order valence-electron chi connectivity index (χ4n) is 2.39. The van der Waals surface area contributed by atoms with Crippen LogP contribution in [0.5, 0.6) is 0 Å². The van der Waals surface area contributed by atoms with Crippen molar-refractivity contribution < 1.29 is 0 Å². The number of thioether (sulfide) groups is 1. The summed E-state index contributed by atoms with van der Waals surface area (Å²) in [6.45, 7) is 0. The van der Waals surface area contributed by atoms with Gasteiger partial charge in [0.2, 0.25) is 0 Å². The lowest BCUT2D eigenvalue weighted by atomic mass is 10.0. The SMILES string of the molecule is CNC(CSC1CCCCC1)c1cn(C)cn1. The fourth-order valence-corrected chi connectivity index (χ4v) is 3.86. The Labute approximate surface area is 108 Å². The monoisotopic (exact) mass is 253 g/mol. The first-order valence-corrected chi connectivity index (χ1v) is 7.61. The Hall–Kier alpha value is -0.480. The molecule has 0 saturated heterocycles. The van der Waals surface area contributed by atoms with E-state index >= 15 is 0 Å². The Morgan fingerprint density at radius 1 is 1.47 bits per heavy atom. The van der Waals surface area contributed by atoms with E-state index in [2.05, 4.69) is 28.3 Å². The zero-order valence-corrected chi connectivity index (χ0v) is 11.7. The maximum Gasteiger partial charge on any atom is 0.0947 e. The number of imidazole rings is 1. The third-order valence-electron chi connectivity index (χ3n) is 3.48. The molecule has 4 heteroatoms. The molecule has 0 bridgehead atoms. The van der Waals surface area contributed by atoms with Crippen molar-refractivity contribution in [3.63, 3.8) is 0 Å². The van der Waals surface area contributed by atoms with Crippen LogP contribution in [-0.2, 0) is 7.05 Å². The number of hydrogen-bond donors (Lipinski definition) is 1. The summed E-state index contributed by atoms with van der Waals surface area (Å²) in [5, 5.41) is 4.25. The minimum absolute atomic E-state index is 0.392. The smallest absolute Gasteiger partial charge is 0.0947 e. The summed E-state index contributed by atoms with van der Waals surface area (Å²) >= 11 is 2.12. The van der Waals surface area contributed by atoms with E-state index in [9.17, 15) is 0 Å². The van der Waals surface area contributed by atoms with Crippen molar-refractivity contribution in [2.24, 2.45) is 7.05 Å². The van der Waals surface area contributed by atoms with E-state index in [-0.39, 0.29) is 0 Å². The molecule has 0 aliphatic heterocycles. The van der Waals surface area contributed by atoms with Crippen LogP contribution in [0.4, 0.5) is 0 Å². The van der Waals surface area contributed by atoms with Crippen molar-refractivity contribution in [3.05, 3.63) is 18.2 Å². The van der Waals surface area contributed by atoms with Gasteiger partial charge >= 0.3 is 0 Å². The van der Waals surface area contributed by atoms with Gasteiger partial charge in [-0.25, -0.2) is 4.98 Å². The highest BCUT2D eigenvalue weighted by atomic mass is 32.2. The number of hydrogen-bond acceptors (Lipinski definition) is 3. The highest BCUT2D eigenvalue weighted by molar-refractivity contribution is 7.99. The van der Waals surface area contributed by atoms with Crippen molar-refractivity contribution in [2.45, 2.75) is 43.4 Å². The molecule has 17 heavy (non-hydrogen) atoms. The highest BCUT2D eigenvalue weighted by Gasteiger charge is 2.17. The molecule has 0 spiro atoms. The van der Waals surface area contributed by atoms with Crippen molar-refractivity contribution in [2.75, 3.05) is 12.8 Å². The molecule has 1 N–H and O–H groups in total. The van der Waals surface area contributed by atoms with E-state index in [0.29, 0.717) is 6.04 Å². The van der Waals surface area contributed by atoms with Crippen LogP contribution in [0.2, 0.25) is 0 Å². The molecule has 2 rings (SSSR count). The van der Waals surface area contributed by atoms with E-state index in [1.54, 1.807) is 0 Å². The van der Waals surface area contributed by atoms with Gasteiger partial charge in [0, 0.05) is 24.2 Å². The molecule has 1 aliphatic carbocycles. The summed E-state index contributed by atoms with van der Waals surface area (Å²) in [5.41, 5.74) is 1.17. The van der Waals surface area contributed by atoms with Gasteiger partial charge in [-0.05, 0) is 19.9 Å². The van der Waals surface area contributed by atoms with Gasteiger partial charge in [-0.1, -0.05) is 19.3 Å². The number of nitrogens with zero attached hydrogens (tertiary/aromatic N) is 2.